The van der Waals surface area contributed by atoms with Crippen LogP contribution >= 0.6 is 11.3 Å². The highest BCUT2D eigenvalue weighted by atomic mass is 32.1. The van der Waals surface area contributed by atoms with Crippen LogP contribution in [0.15, 0.2) is 71.2 Å². The molecular formula is C31H32F2N6O8S. The summed E-state index contributed by atoms with van der Waals surface area (Å²) in [6.45, 7) is -2.94. The first-order chi connectivity index (χ1) is 22.9. The summed E-state index contributed by atoms with van der Waals surface area (Å²) in [5.74, 6) is -2.56. The van der Waals surface area contributed by atoms with Crippen molar-refractivity contribution in [3.63, 3.8) is 0 Å². The molecule has 2 heterocycles. The number of nitrogens with two attached hydrogens (primary N) is 1. The summed E-state index contributed by atoms with van der Waals surface area (Å²) in [6.07, 6.45) is -1.49. The van der Waals surface area contributed by atoms with Crippen molar-refractivity contribution in [2.24, 2.45) is 10.9 Å². The van der Waals surface area contributed by atoms with Gasteiger partial charge < -0.3 is 40.9 Å². The number of halogens is 2. The quantitative estimate of drug-likeness (QED) is 0.0904. The second kappa shape index (κ2) is 16.4. The monoisotopic (exact) mass is 686 g/mol. The van der Waals surface area contributed by atoms with Gasteiger partial charge in [-0.3, -0.25) is 19.2 Å². The lowest BCUT2D eigenvalue weighted by Gasteiger charge is -2.25. The molecule has 0 bridgehead atoms. The Bertz CT molecular complexity index is 1650. The number of amides is 4. The second-order valence-electron chi connectivity index (χ2n) is 10.3. The van der Waals surface area contributed by atoms with Crippen LogP contribution in [0.5, 0.6) is 11.5 Å². The number of benzene rings is 2. The maximum Gasteiger partial charge on any atom is 0.345 e. The van der Waals surface area contributed by atoms with Crippen molar-refractivity contribution in [3.8, 4) is 11.5 Å². The molecule has 4 amide bonds. The number of rotatable bonds is 13. The Morgan fingerprint density at radius 2 is 1.73 bits per heavy atom. The van der Waals surface area contributed by atoms with Crippen molar-refractivity contribution in [2.45, 2.75) is 38.1 Å². The van der Waals surface area contributed by atoms with E-state index in [0.717, 1.165) is 23.2 Å². The van der Waals surface area contributed by atoms with E-state index in [2.05, 4.69) is 30.7 Å². The van der Waals surface area contributed by atoms with Gasteiger partial charge in [0.05, 0.1) is 12.6 Å². The van der Waals surface area contributed by atoms with Gasteiger partial charge in [-0.25, -0.2) is 4.79 Å². The molecular weight excluding hydrogens is 654 g/mol. The number of amidine groups is 1. The molecule has 0 saturated carbocycles. The largest absolute Gasteiger partial charge is 0.457 e. The number of para-hydroxylation sites is 1. The molecule has 17 heteroatoms. The molecule has 1 saturated heterocycles. The third-order valence-electron chi connectivity index (χ3n) is 6.94. The van der Waals surface area contributed by atoms with Crippen LogP contribution in [0.1, 0.15) is 40.2 Å². The van der Waals surface area contributed by atoms with E-state index < -0.39 is 60.9 Å². The van der Waals surface area contributed by atoms with Gasteiger partial charge >= 0.3 is 12.6 Å². The summed E-state index contributed by atoms with van der Waals surface area (Å²) in [7, 11) is 1.34. The minimum atomic E-state index is -3.16. The fourth-order valence-electron chi connectivity index (χ4n) is 4.68. The number of hydrogen-bond donors (Lipinski definition) is 4. The lowest BCUT2D eigenvalue weighted by Crippen LogP contribution is -2.51. The maximum absolute atomic E-state index is 13.5. The second-order valence-corrected chi connectivity index (χ2v) is 11.2. The van der Waals surface area contributed by atoms with Crippen molar-refractivity contribution >= 4 is 46.8 Å². The van der Waals surface area contributed by atoms with Crippen LogP contribution in [0.4, 0.5) is 8.78 Å². The number of carbonyl (C=O) groups excluding carboxylic acids is 5. The van der Waals surface area contributed by atoms with E-state index >= 15 is 0 Å². The van der Waals surface area contributed by atoms with Crippen LogP contribution in [0, 0.1) is 0 Å². The predicted octanol–water partition coefficient (Wildman–Crippen LogP) is 2.27. The van der Waals surface area contributed by atoms with E-state index in [0.29, 0.717) is 21.9 Å². The standard InChI is InChI=1S/C31H32F2N6O8S/c1-17(40)47-38-27(34)19-12-24(48-16-19)26(30(44)35-2)37-29(43)23-13-22(46-31(32)33)15-39(23)25(41)14-36-28(42)18-8-10-21(11-9-18)45-20-6-4-3-5-7-20/h3-12,16,22-23,26,31H,13-15H2,1-2H3,(H2,34,38)(H,35,44)(H,36,42)(H,37,43)/t22-,23+,26?/m1/s1. The molecule has 1 aliphatic rings. The SMILES string of the molecule is CNC(=O)C(NC(=O)[C@@H]1C[C@@H](OC(F)F)CN1C(=O)CNC(=O)c1ccc(Oc2ccccc2)cc1)c1cc(/C(N)=N/OC(C)=O)cs1. The number of carbonyl (C=O) groups is 5. The minimum absolute atomic E-state index is 0.159. The Labute approximate surface area is 277 Å². The van der Waals surface area contributed by atoms with Crippen LogP contribution < -0.4 is 26.4 Å². The van der Waals surface area contributed by atoms with Gasteiger partial charge in [0.2, 0.25) is 17.7 Å². The number of nitrogens with zero attached hydrogens (tertiary/aromatic N) is 2. The van der Waals surface area contributed by atoms with Gasteiger partial charge in [-0.1, -0.05) is 23.4 Å². The van der Waals surface area contributed by atoms with Crippen LogP contribution in [0.25, 0.3) is 0 Å². The summed E-state index contributed by atoms with van der Waals surface area (Å²) >= 11 is 1.04. The Kier molecular flexibility index (Phi) is 12.1. The molecule has 3 atom stereocenters. The van der Waals surface area contributed by atoms with Crippen molar-refractivity contribution in [1.82, 2.24) is 20.9 Å². The molecule has 2 aromatic carbocycles. The van der Waals surface area contributed by atoms with E-state index in [4.69, 9.17) is 10.5 Å². The summed E-state index contributed by atoms with van der Waals surface area (Å²) in [4.78, 5) is 69.2. The number of alkyl halides is 2. The number of hydrogen-bond acceptors (Lipinski definition) is 10. The predicted molar refractivity (Wildman–Crippen MR) is 168 cm³/mol. The van der Waals surface area contributed by atoms with Crippen molar-refractivity contribution in [3.05, 3.63) is 82.0 Å². The van der Waals surface area contributed by atoms with Crippen LogP contribution in [-0.4, -0.2) is 79.2 Å². The Morgan fingerprint density at radius 3 is 2.38 bits per heavy atom. The summed E-state index contributed by atoms with van der Waals surface area (Å²) in [5.41, 5.74) is 6.36. The van der Waals surface area contributed by atoms with Gasteiger partial charge in [-0.05, 0) is 42.5 Å². The van der Waals surface area contributed by atoms with Crippen LogP contribution in [0.2, 0.25) is 0 Å². The van der Waals surface area contributed by atoms with Crippen LogP contribution in [-0.2, 0) is 28.8 Å². The first-order valence-corrected chi connectivity index (χ1v) is 15.3. The molecule has 0 radical (unpaired) electrons. The van der Waals surface area contributed by atoms with Gasteiger partial charge in [0.15, 0.2) is 5.84 Å². The van der Waals surface area contributed by atoms with Gasteiger partial charge in [0.1, 0.15) is 23.6 Å². The number of likely N-dealkylation sites (N-methyl/N-ethyl adjacent to an activating group) is 1. The van der Waals surface area contributed by atoms with E-state index in [1.807, 2.05) is 18.2 Å². The first kappa shape index (κ1) is 35.4. The van der Waals surface area contributed by atoms with Gasteiger partial charge in [0, 0.05) is 48.3 Å². The molecule has 3 aromatic rings. The zero-order valence-corrected chi connectivity index (χ0v) is 26.5. The Balaban J connectivity index is 1.43. The maximum atomic E-state index is 13.5. The van der Waals surface area contributed by atoms with Gasteiger partial charge in [0.25, 0.3) is 5.91 Å². The van der Waals surface area contributed by atoms with E-state index in [1.165, 1.54) is 30.6 Å². The topological polar surface area (TPSA) is 191 Å². The highest BCUT2D eigenvalue weighted by Gasteiger charge is 2.42. The molecule has 1 fully saturated rings. The van der Waals surface area contributed by atoms with Crippen molar-refractivity contribution in [2.75, 3.05) is 20.1 Å². The lowest BCUT2D eigenvalue weighted by molar-refractivity contribution is -0.160. The number of thiophene rings is 1. The minimum Gasteiger partial charge on any atom is -0.457 e. The molecule has 1 aromatic heterocycles. The fraction of sp³-hybridized carbons (Fsp3) is 0.290. The molecule has 254 valence electrons. The lowest BCUT2D eigenvalue weighted by atomic mass is 10.1. The van der Waals surface area contributed by atoms with E-state index in [1.54, 1.807) is 24.3 Å². The summed E-state index contributed by atoms with van der Waals surface area (Å²) in [5, 5.41) is 12.5. The number of oxime groups is 1. The van der Waals surface area contributed by atoms with Gasteiger partial charge in [-0.2, -0.15) is 8.78 Å². The zero-order chi connectivity index (χ0) is 34.8. The molecule has 4 rings (SSSR count). The fourth-order valence-corrected chi connectivity index (χ4v) is 5.63. The summed E-state index contributed by atoms with van der Waals surface area (Å²) < 4.78 is 36.5. The highest BCUT2D eigenvalue weighted by Crippen LogP contribution is 2.27. The van der Waals surface area contributed by atoms with Crippen LogP contribution in [0.3, 0.4) is 0 Å². The number of ether oxygens (including phenoxy) is 2. The molecule has 48 heavy (non-hydrogen) atoms. The summed E-state index contributed by atoms with van der Waals surface area (Å²) in [6, 6.07) is 14.0. The van der Waals surface area contributed by atoms with Gasteiger partial charge in [-0.15, -0.1) is 11.3 Å². The smallest absolute Gasteiger partial charge is 0.345 e. The van der Waals surface area contributed by atoms with E-state index in [-0.39, 0.29) is 24.4 Å². The number of nitrogens with one attached hydrogen (secondary N) is 3. The third-order valence-corrected chi connectivity index (χ3v) is 7.94. The van der Waals surface area contributed by atoms with Crippen molar-refractivity contribution in [1.29, 1.82) is 0 Å². The first-order valence-electron chi connectivity index (χ1n) is 14.4. The molecule has 14 nitrogen and oxygen atoms in total. The molecule has 0 aliphatic carbocycles. The third kappa shape index (κ3) is 9.55. The average molecular weight is 687 g/mol. The zero-order valence-electron chi connectivity index (χ0n) is 25.7. The van der Waals surface area contributed by atoms with E-state index in [9.17, 15) is 32.8 Å². The number of likely N-dealkylation sites (tertiary alicyclic amines) is 1. The highest BCUT2D eigenvalue weighted by molar-refractivity contribution is 7.10. The van der Waals surface area contributed by atoms with Crippen molar-refractivity contribution < 1.29 is 47.1 Å². The normalized spacial score (nSPS) is 16.6. The molecule has 5 N–H and O–H groups in total. The molecule has 1 unspecified atom stereocenters. The molecule has 0 spiro atoms. The Hall–Kier alpha value is -5.42. The average Bonchev–Trinajstić information content (AvgIpc) is 3.73. The molecule has 1 aliphatic heterocycles. The Morgan fingerprint density at radius 1 is 1.04 bits per heavy atom.